The van der Waals surface area contributed by atoms with E-state index in [0.29, 0.717) is 19.6 Å². The lowest BCUT2D eigenvalue weighted by Crippen LogP contribution is -2.35. The molecule has 6 heteroatoms. The van der Waals surface area contributed by atoms with Gasteiger partial charge < -0.3 is 18.9 Å². The molecule has 3 aliphatic rings. The Bertz CT molecular complexity index is 489. The van der Waals surface area contributed by atoms with E-state index >= 15 is 0 Å². The van der Waals surface area contributed by atoms with Crippen LogP contribution in [0, 0.1) is 11.8 Å². The van der Waals surface area contributed by atoms with E-state index in [9.17, 15) is 9.59 Å². The number of ether oxygens (including phenoxy) is 4. The molecule has 2 heterocycles. The summed E-state index contributed by atoms with van der Waals surface area (Å²) in [6.45, 7) is 5.45. The Labute approximate surface area is 129 Å². The number of allylic oxidation sites excluding steroid dienone is 1. The zero-order chi connectivity index (χ0) is 15.8. The summed E-state index contributed by atoms with van der Waals surface area (Å²) in [5.74, 6) is -1.79. The fourth-order valence-electron chi connectivity index (χ4n) is 2.40. The van der Waals surface area contributed by atoms with Crippen molar-refractivity contribution in [2.45, 2.75) is 37.9 Å². The van der Waals surface area contributed by atoms with E-state index in [-0.39, 0.29) is 36.4 Å². The number of carbonyl (C=O) groups excluding carboxylic acids is 2. The van der Waals surface area contributed by atoms with Crippen LogP contribution in [0.4, 0.5) is 0 Å². The molecular formula is C16H22O6. The van der Waals surface area contributed by atoms with Crippen molar-refractivity contribution in [3.8, 4) is 0 Å². The smallest absolute Gasteiger partial charge is 0.313 e. The molecule has 0 amide bonds. The highest BCUT2D eigenvalue weighted by Crippen LogP contribution is 2.31. The van der Waals surface area contributed by atoms with Crippen molar-refractivity contribution in [1.82, 2.24) is 0 Å². The molecule has 22 heavy (non-hydrogen) atoms. The van der Waals surface area contributed by atoms with Crippen LogP contribution in [0.5, 0.6) is 0 Å². The lowest BCUT2D eigenvalue weighted by molar-refractivity contribution is -0.161. The second-order valence-corrected chi connectivity index (χ2v) is 6.83. The lowest BCUT2D eigenvalue weighted by atomic mass is 9.84. The maximum absolute atomic E-state index is 12.3. The predicted molar refractivity (Wildman–Crippen MR) is 76.0 cm³/mol. The minimum Gasteiger partial charge on any atom is -0.462 e. The Hall–Kier alpha value is -1.40. The van der Waals surface area contributed by atoms with Gasteiger partial charge in [0.05, 0.1) is 25.0 Å². The molecular weight excluding hydrogens is 288 g/mol. The van der Waals surface area contributed by atoms with Crippen LogP contribution in [-0.4, -0.2) is 49.6 Å². The number of epoxide rings is 2. The van der Waals surface area contributed by atoms with Gasteiger partial charge in [-0.1, -0.05) is 12.2 Å². The number of esters is 2. The Morgan fingerprint density at radius 1 is 1.09 bits per heavy atom. The molecule has 4 unspecified atom stereocenters. The van der Waals surface area contributed by atoms with Crippen LogP contribution >= 0.6 is 0 Å². The molecule has 2 fully saturated rings. The lowest BCUT2D eigenvalue weighted by Gasteiger charge is -2.25. The third-order valence-corrected chi connectivity index (χ3v) is 4.31. The van der Waals surface area contributed by atoms with Gasteiger partial charge in [-0.25, -0.2) is 0 Å². The molecule has 0 N–H and O–H groups in total. The fraction of sp³-hybridized carbons (Fsp3) is 0.750. The van der Waals surface area contributed by atoms with E-state index in [1.54, 1.807) is 6.08 Å². The van der Waals surface area contributed by atoms with E-state index in [4.69, 9.17) is 18.9 Å². The minimum absolute atomic E-state index is 0.226. The van der Waals surface area contributed by atoms with Gasteiger partial charge in [0.15, 0.2) is 0 Å². The molecule has 0 aromatic rings. The van der Waals surface area contributed by atoms with E-state index in [1.807, 2.05) is 19.9 Å². The topological polar surface area (TPSA) is 77.7 Å². The second kappa shape index (κ2) is 5.66. The van der Waals surface area contributed by atoms with Crippen molar-refractivity contribution >= 4 is 11.9 Å². The van der Waals surface area contributed by atoms with Crippen LogP contribution in [0.1, 0.15) is 26.7 Å². The van der Waals surface area contributed by atoms with Gasteiger partial charge in [-0.3, -0.25) is 9.59 Å². The van der Waals surface area contributed by atoms with Crippen molar-refractivity contribution < 1.29 is 28.5 Å². The minimum atomic E-state index is -0.573. The summed E-state index contributed by atoms with van der Waals surface area (Å²) in [7, 11) is 0. The molecule has 0 saturated carbocycles. The molecule has 2 aliphatic heterocycles. The second-order valence-electron chi connectivity index (χ2n) is 6.83. The van der Waals surface area contributed by atoms with Crippen LogP contribution in [-0.2, 0) is 28.5 Å². The Kier molecular flexibility index (Phi) is 3.99. The van der Waals surface area contributed by atoms with Crippen LogP contribution in [0.25, 0.3) is 0 Å². The summed E-state index contributed by atoms with van der Waals surface area (Å²) in [5, 5.41) is 0. The zero-order valence-corrected chi connectivity index (χ0v) is 13.0. The number of carbonyl (C=O) groups is 2. The quantitative estimate of drug-likeness (QED) is 0.417. The fourth-order valence-corrected chi connectivity index (χ4v) is 2.40. The maximum Gasteiger partial charge on any atom is 0.313 e. The summed E-state index contributed by atoms with van der Waals surface area (Å²) >= 11 is 0. The zero-order valence-electron chi connectivity index (χ0n) is 13.0. The highest BCUT2D eigenvalue weighted by molar-refractivity contribution is 5.84. The standard InChI is InChI=1S/C16H22O6/c1-15(9-21-15)7-19-13(17)11-5-3-4-6-12(11)14(18)20-8-16(2)10-22-16/h3,5,11-12H,4,6-10H2,1-2H3. The van der Waals surface area contributed by atoms with E-state index in [2.05, 4.69) is 0 Å². The molecule has 6 nitrogen and oxygen atoms in total. The van der Waals surface area contributed by atoms with Crippen LogP contribution < -0.4 is 0 Å². The molecule has 0 aromatic carbocycles. The number of rotatable bonds is 6. The van der Waals surface area contributed by atoms with Gasteiger partial charge in [-0.05, 0) is 26.7 Å². The first-order chi connectivity index (χ1) is 10.4. The van der Waals surface area contributed by atoms with Crippen LogP contribution in [0.3, 0.4) is 0 Å². The Morgan fingerprint density at radius 3 is 2.18 bits per heavy atom. The molecule has 0 bridgehead atoms. The normalized spacial score (nSPS) is 39.2. The third kappa shape index (κ3) is 3.67. The highest BCUT2D eigenvalue weighted by Gasteiger charge is 2.44. The monoisotopic (exact) mass is 310 g/mol. The first kappa shape index (κ1) is 15.5. The van der Waals surface area contributed by atoms with E-state index in [0.717, 1.165) is 6.42 Å². The maximum atomic E-state index is 12.3. The van der Waals surface area contributed by atoms with Crippen molar-refractivity contribution in [1.29, 1.82) is 0 Å². The Morgan fingerprint density at radius 2 is 1.64 bits per heavy atom. The average Bonchev–Trinajstić information content (AvgIpc) is 3.43. The van der Waals surface area contributed by atoms with Gasteiger partial charge in [0.2, 0.25) is 0 Å². The van der Waals surface area contributed by atoms with Crippen LogP contribution in [0.15, 0.2) is 12.2 Å². The van der Waals surface area contributed by atoms with Crippen LogP contribution in [0.2, 0.25) is 0 Å². The van der Waals surface area contributed by atoms with Gasteiger partial charge in [-0.2, -0.15) is 0 Å². The molecule has 3 rings (SSSR count). The van der Waals surface area contributed by atoms with Crippen molar-refractivity contribution in [2.24, 2.45) is 11.8 Å². The average molecular weight is 310 g/mol. The van der Waals surface area contributed by atoms with Crippen molar-refractivity contribution in [2.75, 3.05) is 26.4 Å². The molecule has 0 radical (unpaired) electrons. The highest BCUT2D eigenvalue weighted by atomic mass is 16.6. The molecule has 2 saturated heterocycles. The van der Waals surface area contributed by atoms with Gasteiger partial charge in [-0.15, -0.1) is 0 Å². The SMILES string of the molecule is CC1(COC(=O)C2C=CCCC2C(=O)OCC2(C)CO2)CO1. The van der Waals surface area contributed by atoms with Gasteiger partial charge in [0.1, 0.15) is 24.4 Å². The van der Waals surface area contributed by atoms with E-state index in [1.165, 1.54) is 0 Å². The summed E-state index contributed by atoms with van der Waals surface area (Å²) in [4.78, 5) is 24.5. The molecule has 0 aromatic heterocycles. The van der Waals surface area contributed by atoms with Gasteiger partial charge in [0.25, 0.3) is 0 Å². The molecule has 1 aliphatic carbocycles. The van der Waals surface area contributed by atoms with E-state index < -0.39 is 11.8 Å². The summed E-state index contributed by atoms with van der Waals surface area (Å²) in [5.41, 5.74) is -0.684. The summed E-state index contributed by atoms with van der Waals surface area (Å²) in [6, 6.07) is 0. The third-order valence-electron chi connectivity index (χ3n) is 4.31. The molecule has 0 spiro atoms. The van der Waals surface area contributed by atoms with Gasteiger partial charge >= 0.3 is 11.9 Å². The summed E-state index contributed by atoms with van der Waals surface area (Å²) in [6.07, 6.45) is 5.03. The largest absolute Gasteiger partial charge is 0.462 e. The molecule has 122 valence electrons. The summed E-state index contributed by atoms with van der Waals surface area (Å²) < 4.78 is 21.0. The first-order valence-corrected chi connectivity index (χ1v) is 7.69. The Balaban J connectivity index is 1.54. The van der Waals surface area contributed by atoms with Gasteiger partial charge in [0, 0.05) is 0 Å². The van der Waals surface area contributed by atoms with Crippen molar-refractivity contribution in [3.05, 3.63) is 12.2 Å². The molecule has 4 atom stereocenters. The number of hydrogen-bond donors (Lipinski definition) is 0. The first-order valence-electron chi connectivity index (χ1n) is 7.69. The van der Waals surface area contributed by atoms with Crippen molar-refractivity contribution in [3.63, 3.8) is 0 Å². The number of hydrogen-bond acceptors (Lipinski definition) is 6. The predicted octanol–water partition coefficient (Wildman–Crippen LogP) is 1.23.